The van der Waals surface area contributed by atoms with E-state index in [0.29, 0.717) is 5.69 Å². The summed E-state index contributed by atoms with van der Waals surface area (Å²) in [5.74, 6) is -0.608. The SMILES string of the molecule is COC(=O)c1c(N)c(C#N)cn1-c1cccc(-c2nc3cccnc3s2)c1. The van der Waals surface area contributed by atoms with Gasteiger partial charge >= 0.3 is 5.97 Å². The number of pyridine rings is 1. The quantitative estimate of drug-likeness (QED) is 0.550. The van der Waals surface area contributed by atoms with Crippen molar-refractivity contribution in [3.63, 3.8) is 0 Å². The summed E-state index contributed by atoms with van der Waals surface area (Å²) in [4.78, 5) is 22.0. The fourth-order valence-corrected chi connectivity index (χ4v) is 3.70. The van der Waals surface area contributed by atoms with Crippen molar-refractivity contribution in [2.45, 2.75) is 0 Å². The van der Waals surface area contributed by atoms with E-state index in [2.05, 4.69) is 9.97 Å². The molecule has 4 aromatic rings. The summed E-state index contributed by atoms with van der Waals surface area (Å²) in [5, 5.41) is 10.1. The number of hydrogen-bond acceptors (Lipinski definition) is 7. The molecule has 132 valence electrons. The number of aromatic nitrogens is 3. The Balaban J connectivity index is 1.86. The lowest BCUT2D eigenvalue weighted by atomic mass is 10.2. The Kier molecular flexibility index (Phi) is 4.06. The second-order valence-corrected chi connectivity index (χ2v) is 6.65. The Hall–Kier alpha value is -3.70. The molecule has 0 aliphatic heterocycles. The number of carbonyl (C=O) groups excluding carboxylic acids is 1. The number of ether oxygens (including phenoxy) is 1. The van der Waals surface area contributed by atoms with Crippen molar-refractivity contribution in [1.29, 1.82) is 5.26 Å². The highest BCUT2D eigenvalue weighted by molar-refractivity contribution is 7.21. The molecule has 1 aromatic carbocycles. The minimum Gasteiger partial charge on any atom is -0.464 e. The first-order valence-corrected chi connectivity index (χ1v) is 8.75. The molecule has 0 saturated carbocycles. The number of nitrogens with zero attached hydrogens (tertiary/aromatic N) is 4. The van der Waals surface area contributed by atoms with Crippen LogP contribution >= 0.6 is 11.3 Å². The van der Waals surface area contributed by atoms with Crippen LogP contribution in [-0.2, 0) is 4.74 Å². The van der Waals surface area contributed by atoms with E-state index in [1.807, 2.05) is 42.5 Å². The van der Waals surface area contributed by atoms with Crippen LogP contribution in [0.25, 0.3) is 26.6 Å². The summed E-state index contributed by atoms with van der Waals surface area (Å²) >= 11 is 1.48. The molecule has 0 amide bonds. The second kappa shape index (κ2) is 6.55. The summed E-state index contributed by atoms with van der Waals surface area (Å²) in [6.07, 6.45) is 3.26. The number of nitrogen functional groups attached to an aromatic ring is 1. The smallest absolute Gasteiger partial charge is 0.357 e. The molecule has 3 heterocycles. The number of carbonyl (C=O) groups is 1. The highest BCUT2D eigenvalue weighted by Gasteiger charge is 2.22. The Morgan fingerprint density at radius 2 is 2.19 bits per heavy atom. The van der Waals surface area contributed by atoms with Crippen molar-refractivity contribution in [2.75, 3.05) is 12.8 Å². The van der Waals surface area contributed by atoms with E-state index in [0.717, 1.165) is 20.9 Å². The molecule has 27 heavy (non-hydrogen) atoms. The number of benzene rings is 1. The molecule has 0 aliphatic rings. The maximum absolute atomic E-state index is 12.2. The van der Waals surface area contributed by atoms with Crippen LogP contribution in [0.2, 0.25) is 0 Å². The van der Waals surface area contributed by atoms with Crippen molar-refractivity contribution >= 4 is 33.3 Å². The van der Waals surface area contributed by atoms with Gasteiger partial charge in [0.2, 0.25) is 0 Å². The monoisotopic (exact) mass is 375 g/mol. The van der Waals surface area contributed by atoms with Gasteiger partial charge in [-0.15, -0.1) is 0 Å². The molecule has 3 aromatic heterocycles. The number of nitrogens with two attached hydrogens (primary N) is 1. The average Bonchev–Trinajstić information content (AvgIpc) is 3.28. The number of anilines is 1. The summed E-state index contributed by atoms with van der Waals surface area (Å²) in [6, 6.07) is 13.2. The minimum atomic E-state index is -0.608. The van der Waals surface area contributed by atoms with Crippen LogP contribution in [0.15, 0.2) is 48.8 Å². The second-order valence-electron chi connectivity index (χ2n) is 5.68. The minimum absolute atomic E-state index is 0.0962. The molecule has 0 radical (unpaired) electrons. The van der Waals surface area contributed by atoms with E-state index in [9.17, 15) is 10.1 Å². The van der Waals surface area contributed by atoms with Crippen LogP contribution in [0, 0.1) is 11.3 Å². The summed E-state index contributed by atoms with van der Waals surface area (Å²) in [6.45, 7) is 0. The lowest BCUT2D eigenvalue weighted by Gasteiger charge is -2.09. The summed E-state index contributed by atoms with van der Waals surface area (Å²) in [7, 11) is 1.27. The molecule has 0 bridgehead atoms. The third-order valence-electron chi connectivity index (χ3n) is 4.08. The van der Waals surface area contributed by atoms with Crippen molar-refractivity contribution in [3.8, 4) is 22.3 Å². The highest BCUT2D eigenvalue weighted by Crippen LogP contribution is 2.31. The van der Waals surface area contributed by atoms with Gasteiger partial charge in [0.15, 0.2) is 5.69 Å². The molecule has 0 aliphatic carbocycles. The normalized spacial score (nSPS) is 10.7. The maximum Gasteiger partial charge on any atom is 0.357 e. The van der Waals surface area contributed by atoms with E-state index in [1.54, 1.807) is 10.8 Å². The number of esters is 1. The molecular weight excluding hydrogens is 362 g/mol. The molecule has 4 rings (SSSR count). The van der Waals surface area contributed by atoms with E-state index < -0.39 is 5.97 Å². The lowest BCUT2D eigenvalue weighted by Crippen LogP contribution is -2.11. The van der Waals surface area contributed by atoms with Gasteiger partial charge in [0.1, 0.15) is 21.4 Å². The first kappa shape index (κ1) is 16.8. The van der Waals surface area contributed by atoms with Crippen LogP contribution in [-0.4, -0.2) is 27.6 Å². The predicted octanol–water partition coefficient (Wildman–Crippen LogP) is 3.39. The van der Waals surface area contributed by atoms with E-state index in [1.165, 1.54) is 24.6 Å². The molecule has 2 N–H and O–H groups in total. The van der Waals surface area contributed by atoms with Crippen molar-refractivity contribution in [2.24, 2.45) is 0 Å². The Morgan fingerprint density at radius 3 is 2.93 bits per heavy atom. The highest BCUT2D eigenvalue weighted by atomic mass is 32.1. The lowest BCUT2D eigenvalue weighted by molar-refractivity contribution is 0.0593. The molecule has 7 nitrogen and oxygen atoms in total. The van der Waals surface area contributed by atoms with Crippen molar-refractivity contribution in [1.82, 2.24) is 14.5 Å². The maximum atomic E-state index is 12.2. The molecular formula is C19H13N5O2S. The molecule has 0 atom stereocenters. The summed E-state index contributed by atoms with van der Waals surface area (Å²) < 4.78 is 6.39. The van der Waals surface area contributed by atoms with Crippen molar-refractivity contribution in [3.05, 3.63) is 60.0 Å². The summed E-state index contributed by atoms with van der Waals surface area (Å²) in [5.41, 5.74) is 8.77. The van der Waals surface area contributed by atoms with Crippen LogP contribution < -0.4 is 5.73 Å². The predicted molar refractivity (Wildman–Crippen MR) is 103 cm³/mol. The van der Waals surface area contributed by atoms with Crippen LogP contribution in [0.1, 0.15) is 16.1 Å². The number of rotatable bonds is 3. The number of thiazole rings is 1. The van der Waals surface area contributed by atoms with Crippen LogP contribution in [0.5, 0.6) is 0 Å². The topological polar surface area (TPSA) is 107 Å². The first-order chi connectivity index (χ1) is 13.1. The zero-order valence-corrected chi connectivity index (χ0v) is 15.0. The molecule has 0 saturated heterocycles. The first-order valence-electron chi connectivity index (χ1n) is 7.94. The molecule has 0 fully saturated rings. The van der Waals surface area contributed by atoms with Gasteiger partial charge in [-0.3, -0.25) is 0 Å². The van der Waals surface area contributed by atoms with Gasteiger partial charge in [0.05, 0.1) is 18.4 Å². The molecule has 8 heteroatoms. The van der Waals surface area contributed by atoms with Crippen molar-refractivity contribution < 1.29 is 9.53 Å². The van der Waals surface area contributed by atoms with Gasteiger partial charge in [-0.1, -0.05) is 23.5 Å². The van der Waals surface area contributed by atoms with Crippen LogP contribution in [0.4, 0.5) is 5.69 Å². The fourth-order valence-electron chi connectivity index (χ4n) is 2.80. The molecule has 0 unspecified atom stereocenters. The zero-order chi connectivity index (χ0) is 19.0. The number of hydrogen-bond donors (Lipinski definition) is 1. The van der Waals surface area contributed by atoms with E-state index in [-0.39, 0.29) is 16.9 Å². The van der Waals surface area contributed by atoms with Gasteiger partial charge in [-0.25, -0.2) is 14.8 Å². The average molecular weight is 375 g/mol. The van der Waals surface area contributed by atoms with E-state index >= 15 is 0 Å². The van der Waals surface area contributed by atoms with Gasteiger partial charge in [0, 0.05) is 23.6 Å². The fraction of sp³-hybridized carbons (Fsp3) is 0.0526. The third kappa shape index (κ3) is 2.80. The number of fused-ring (bicyclic) bond motifs is 1. The Labute approximate surface area is 158 Å². The van der Waals surface area contributed by atoms with Gasteiger partial charge in [-0.2, -0.15) is 5.26 Å². The van der Waals surface area contributed by atoms with Gasteiger partial charge < -0.3 is 15.0 Å². The number of nitriles is 1. The largest absolute Gasteiger partial charge is 0.464 e. The standard InChI is InChI=1S/C19H13N5O2S/c1-26-19(25)16-15(21)12(9-20)10-24(16)13-5-2-4-11(8-13)17-23-14-6-3-7-22-18(14)27-17/h2-8,10H,21H2,1H3. The zero-order valence-electron chi connectivity index (χ0n) is 14.2. The van der Waals surface area contributed by atoms with Gasteiger partial charge in [0.25, 0.3) is 0 Å². The van der Waals surface area contributed by atoms with E-state index in [4.69, 9.17) is 10.5 Å². The Bertz CT molecular complexity index is 1190. The number of methoxy groups -OCH3 is 1. The third-order valence-corrected chi connectivity index (χ3v) is 5.11. The Morgan fingerprint density at radius 1 is 1.33 bits per heavy atom. The van der Waals surface area contributed by atoms with Crippen LogP contribution in [0.3, 0.4) is 0 Å². The molecule has 0 spiro atoms. The van der Waals surface area contributed by atoms with Gasteiger partial charge in [-0.05, 0) is 24.3 Å².